The van der Waals surface area contributed by atoms with Crippen LogP contribution in [0.1, 0.15) is 67.4 Å². The first-order chi connectivity index (χ1) is 29.3. The van der Waals surface area contributed by atoms with E-state index in [2.05, 4.69) is 55.5 Å². The zero-order valence-electron chi connectivity index (χ0n) is 34.0. The third-order valence-corrected chi connectivity index (χ3v) is 12.9. The van der Waals surface area contributed by atoms with E-state index >= 15 is 0 Å². The van der Waals surface area contributed by atoms with Crippen LogP contribution in [0.15, 0.2) is 89.7 Å². The second kappa shape index (κ2) is 18.3. The van der Waals surface area contributed by atoms with Crippen molar-refractivity contribution in [3.63, 3.8) is 0 Å². The van der Waals surface area contributed by atoms with Crippen LogP contribution in [0.3, 0.4) is 0 Å². The van der Waals surface area contributed by atoms with Gasteiger partial charge in [-0.15, -0.1) is 0 Å². The molecule has 1 aliphatic carbocycles. The van der Waals surface area contributed by atoms with E-state index in [9.17, 15) is 22.5 Å². The number of carbonyl (C=O) groups is 1. The Morgan fingerprint density at radius 1 is 1.03 bits per heavy atom. The number of aromatic amines is 1. The summed E-state index contributed by atoms with van der Waals surface area (Å²) < 4.78 is 75.6. The van der Waals surface area contributed by atoms with Crippen LogP contribution in [-0.2, 0) is 22.3 Å². The summed E-state index contributed by atoms with van der Waals surface area (Å²) in [5.41, 5.74) is 4.65. The minimum atomic E-state index is -4.84. The molecular weight excluding hydrogens is 829 g/mol. The van der Waals surface area contributed by atoms with E-state index in [4.69, 9.17) is 25.8 Å². The van der Waals surface area contributed by atoms with Crippen molar-refractivity contribution in [2.75, 3.05) is 57.4 Å². The van der Waals surface area contributed by atoms with Gasteiger partial charge in [0.1, 0.15) is 34.1 Å². The fraction of sp³-hybridized carbons (Fsp3) is 0.400. The molecule has 2 N–H and O–H groups in total. The second-order valence-corrected chi connectivity index (χ2v) is 18.3. The van der Waals surface area contributed by atoms with E-state index in [1.165, 1.54) is 22.9 Å². The largest absolute Gasteiger partial charge is 0.588 e. The van der Waals surface area contributed by atoms with Crippen molar-refractivity contribution in [1.29, 1.82) is 0 Å². The highest BCUT2D eigenvalue weighted by Gasteiger charge is 2.38. The Bertz CT molecular complexity index is 2380. The molecule has 1 amide bonds. The van der Waals surface area contributed by atoms with Crippen molar-refractivity contribution in [2.45, 2.75) is 57.0 Å². The first-order valence-corrected chi connectivity index (χ1v) is 22.0. The zero-order chi connectivity index (χ0) is 42.7. The average Bonchev–Trinajstić information content (AvgIpc) is 3.72. The summed E-state index contributed by atoms with van der Waals surface area (Å²) in [6.45, 7) is 9.70. The molecule has 61 heavy (non-hydrogen) atoms. The van der Waals surface area contributed by atoms with Crippen LogP contribution in [0, 0.1) is 11.3 Å². The molecule has 0 radical (unpaired) electrons. The molecule has 3 aromatic heterocycles. The van der Waals surface area contributed by atoms with Gasteiger partial charge in [0.25, 0.3) is 5.91 Å². The van der Waals surface area contributed by atoms with Gasteiger partial charge in [-0.2, -0.15) is 17.9 Å². The van der Waals surface area contributed by atoms with Crippen LogP contribution in [0.2, 0.25) is 5.02 Å². The number of piperazine rings is 1. The van der Waals surface area contributed by atoms with E-state index < -0.39 is 34.9 Å². The van der Waals surface area contributed by atoms with Crippen molar-refractivity contribution >= 4 is 51.2 Å². The molecule has 322 valence electrons. The summed E-state index contributed by atoms with van der Waals surface area (Å²) in [5.74, 6) is -0.859. The number of H-pyrrole nitrogens is 1. The van der Waals surface area contributed by atoms with Crippen LogP contribution in [0.5, 0.6) is 17.4 Å². The number of allylic oxidation sites excluding steroid dienone is 1. The Morgan fingerprint density at radius 3 is 2.56 bits per heavy atom. The number of hydrogen-bond acceptors (Lipinski definition) is 9. The van der Waals surface area contributed by atoms with E-state index in [0.29, 0.717) is 43.5 Å². The number of benzene rings is 2. The molecule has 8 rings (SSSR count). The SMILES string of the molecule is CC1(C)CCC(CN2CCN(c3ccc(C(=O)N[S+]([O-])c4cnc(OCC5CCOCC5)c(C(F)(F)F)c4)c(Oc4cnc5[nH]ccc5c4)c3)CC2)=C(c2ccc(Cl)cc2)C1. The van der Waals surface area contributed by atoms with Gasteiger partial charge in [-0.25, -0.2) is 9.97 Å². The number of amides is 1. The fourth-order valence-electron chi connectivity index (χ4n) is 8.14. The van der Waals surface area contributed by atoms with Gasteiger partial charge >= 0.3 is 6.18 Å². The van der Waals surface area contributed by atoms with Gasteiger partial charge < -0.3 is 28.6 Å². The zero-order valence-corrected chi connectivity index (χ0v) is 35.6. The Labute approximate surface area is 360 Å². The topological polar surface area (TPSA) is 128 Å². The van der Waals surface area contributed by atoms with Crippen LogP contribution in [0.25, 0.3) is 16.6 Å². The normalized spacial score (nSPS) is 18.3. The highest BCUT2D eigenvalue weighted by Crippen LogP contribution is 2.44. The fourth-order valence-corrected chi connectivity index (χ4v) is 9.04. The number of pyridine rings is 2. The third kappa shape index (κ3) is 10.5. The number of ether oxygens (including phenoxy) is 3. The predicted octanol–water partition coefficient (Wildman–Crippen LogP) is 9.47. The summed E-state index contributed by atoms with van der Waals surface area (Å²) in [6, 6.07) is 17.6. The predicted molar refractivity (Wildman–Crippen MR) is 229 cm³/mol. The molecule has 5 aromatic rings. The maximum atomic E-state index is 14.2. The third-order valence-electron chi connectivity index (χ3n) is 11.7. The lowest BCUT2D eigenvalue weighted by molar-refractivity contribution is -0.139. The van der Waals surface area contributed by atoms with Gasteiger partial charge in [0.15, 0.2) is 4.90 Å². The molecule has 0 saturated carbocycles. The summed E-state index contributed by atoms with van der Waals surface area (Å²) in [6.07, 6.45) is 3.98. The summed E-state index contributed by atoms with van der Waals surface area (Å²) in [7, 11) is 0. The number of aromatic nitrogens is 3. The lowest BCUT2D eigenvalue weighted by Gasteiger charge is -2.39. The molecule has 0 spiro atoms. The lowest BCUT2D eigenvalue weighted by Crippen LogP contribution is -2.47. The number of nitrogens with one attached hydrogen (secondary N) is 2. The number of fused-ring (bicyclic) bond motifs is 1. The number of hydrogen-bond donors (Lipinski definition) is 2. The van der Waals surface area contributed by atoms with Crippen molar-refractivity contribution in [1.82, 2.24) is 24.6 Å². The molecule has 2 fully saturated rings. The molecule has 2 saturated heterocycles. The Hall–Kier alpha value is -4.80. The standard InChI is InChI=1S/C45H48ClF3N6O5S/c1-44(2)13-9-32(38(24-44)30-3-5-33(46)6-4-30)27-54-15-17-55(18-16-54)34-7-8-37(40(22-34)60-35-21-31-10-14-50-41(31)51-25-35)42(56)53-61(57)36-23-39(45(47,48)49)43(52-26-36)59-28-29-11-19-58-20-12-29/h3-8,10,14,21-23,25-26,29H,9,11-13,15-20,24,27-28H2,1-2H3,(H,50,51)(H,53,56). The Morgan fingerprint density at radius 2 is 1.80 bits per heavy atom. The van der Waals surface area contributed by atoms with E-state index in [0.717, 1.165) is 74.3 Å². The number of nitrogens with zero attached hydrogens (tertiary/aromatic N) is 4. The molecule has 3 aliphatic rings. The van der Waals surface area contributed by atoms with Gasteiger partial charge in [0, 0.05) is 80.4 Å². The lowest BCUT2D eigenvalue weighted by atomic mass is 9.72. The Balaban J connectivity index is 0.991. The maximum Gasteiger partial charge on any atom is 0.421 e. The summed E-state index contributed by atoms with van der Waals surface area (Å²) in [5, 5.41) is 1.52. The summed E-state index contributed by atoms with van der Waals surface area (Å²) in [4.78, 5) is 29.5. The molecule has 16 heteroatoms. The van der Waals surface area contributed by atoms with Crippen LogP contribution in [-0.4, -0.2) is 82.9 Å². The number of halogens is 4. The molecule has 1 atom stereocenters. The second-order valence-electron chi connectivity index (χ2n) is 16.7. The van der Waals surface area contributed by atoms with Gasteiger partial charge in [0.05, 0.1) is 24.6 Å². The molecule has 11 nitrogen and oxygen atoms in total. The summed E-state index contributed by atoms with van der Waals surface area (Å²) >= 11 is 3.82. The van der Waals surface area contributed by atoms with Gasteiger partial charge in [0.2, 0.25) is 5.88 Å². The first-order valence-electron chi connectivity index (χ1n) is 20.5. The van der Waals surface area contributed by atoms with Crippen LogP contribution in [0.4, 0.5) is 18.9 Å². The number of alkyl halides is 3. The molecule has 5 heterocycles. The quantitative estimate of drug-likeness (QED) is 0.118. The highest BCUT2D eigenvalue weighted by atomic mass is 35.5. The number of carbonyl (C=O) groups excluding carboxylic acids is 1. The van der Waals surface area contributed by atoms with Crippen molar-refractivity contribution in [2.24, 2.45) is 11.3 Å². The van der Waals surface area contributed by atoms with Crippen molar-refractivity contribution < 1.29 is 36.7 Å². The molecule has 2 aromatic carbocycles. The van der Waals surface area contributed by atoms with E-state index in [1.807, 2.05) is 18.2 Å². The van der Waals surface area contributed by atoms with Crippen molar-refractivity contribution in [3.8, 4) is 17.4 Å². The molecule has 0 bridgehead atoms. The van der Waals surface area contributed by atoms with Gasteiger partial charge in [-0.1, -0.05) is 43.2 Å². The van der Waals surface area contributed by atoms with Crippen LogP contribution >= 0.6 is 11.6 Å². The monoisotopic (exact) mass is 876 g/mol. The van der Waals surface area contributed by atoms with Gasteiger partial charge in [-0.3, -0.25) is 9.69 Å². The number of anilines is 1. The van der Waals surface area contributed by atoms with E-state index in [-0.39, 0.29) is 34.1 Å². The highest BCUT2D eigenvalue weighted by molar-refractivity contribution is 7.90. The minimum absolute atomic E-state index is 0.0322. The van der Waals surface area contributed by atoms with E-state index in [1.54, 1.807) is 30.5 Å². The maximum absolute atomic E-state index is 14.2. The minimum Gasteiger partial charge on any atom is -0.588 e. The first kappa shape index (κ1) is 42.9. The number of rotatable bonds is 12. The van der Waals surface area contributed by atoms with Crippen LogP contribution < -0.4 is 19.1 Å². The smallest absolute Gasteiger partial charge is 0.421 e. The molecule has 2 aliphatic heterocycles. The van der Waals surface area contributed by atoms with Gasteiger partial charge in [-0.05, 0) is 91.0 Å². The average molecular weight is 877 g/mol. The van der Waals surface area contributed by atoms with Crippen molar-refractivity contribution in [3.05, 3.63) is 107 Å². The molecule has 1 unspecified atom stereocenters. The Kier molecular flexibility index (Phi) is 12.8. The molecular formula is C45H48ClF3N6O5S.